The van der Waals surface area contributed by atoms with Crippen molar-refractivity contribution in [2.24, 2.45) is 17.6 Å². The highest BCUT2D eigenvalue weighted by Gasteiger charge is 2.33. The number of carbonyl (C=O) groups is 4. The maximum atomic E-state index is 12.5. The molecular formula is C19H36N4O7. The van der Waals surface area contributed by atoms with Gasteiger partial charge in [0.05, 0.1) is 18.8 Å². The molecule has 0 fully saturated rings. The van der Waals surface area contributed by atoms with E-state index in [9.17, 15) is 34.5 Å². The van der Waals surface area contributed by atoms with Crippen LogP contribution in [0.25, 0.3) is 0 Å². The Balaban J connectivity index is 5.20. The Bertz CT molecular complexity index is 597. The minimum absolute atomic E-state index is 0.139. The summed E-state index contributed by atoms with van der Waals surface area (Å²) in [4.78, 5) is 48.4. The Morgan fingerprint density at radius 3 is 1.83 bits per heavy atom. The Labute approximate surface area is 176 Å². The molecule has 174 valence electrons. The molecule has 3 amide bonds. The van der Waals surface area contributed by atoms with E-state index >= 15 is 0 Å². The maximum absolute atomic E-state index is 12.5. The van der Waals surface area contributed by atoms with Gasteiger partial charge < -0.3 is 37.0 Å². The molecule has 11 nitrogen and oxygen atoms in total. The summed E-state index contributed by atoms with van der Waals surface area (Å²) < 4.78 is 0. The molecule has 0 aromatic heterocycles. The maximum Gasteiger partial charge on any atom is 0.326 e. The van der Waals surface area contributed by atoms with E-state index in [4.69, 9.17) is 5.73 Å². The molecule has 8 N–H and O–H groups in total. The highest BCUT2D eigenvalue weighted by atomic mass is 16.4. The van der Waals surface area contributed by atoms with Gasteiger partial charge in [0.2, 0.25) is 17.7 Å². The monoisotopic (exact) mass is 432 g/mol. The third kappa shape index (κ3) is 9.06. The van der Waals surface area contributed by atoms with Crippen molar-refractivity contribution in [3.8, 4) is 0 Å². The van der Waals surface area contributed by atoms with Crippen LogP contribution in [0.3, 0.4) is 0 Å². The first-order valence-electron chi connectivity index (χ1n) is 10.0. The first kappa shape index (κ1) is 27.8. The first-order valence-corrected chi connectivity index (χ1v) is 10.0. The molecule has 30 heavy (non-hydrogen) atoms. The molecular weight excluding hydrogens is 396 g/mol. The average Bonchev–Trinajstić information content (AvgIpc) is 2.65. The Kier molecular flexibility index (Phi) is 12.2. The van der Waals surface area contributed by atoms with Crippen molar-refractivity contribution in [2.45, 2.75) is 77.7 Å². The largest absolute Gasteiger partial charge is 0.480 e. The van der Waals surface area contributed by atoms with E-state index in [2.05, 4.69) is 16.0 Å². The molecule has 0 rings (SSSR count). The molecule has 0 bridgehead atoms. The van der Waals surface area contributed by atoms with Gasteiger partial charge in [0, 0.05) is 0 Å². The van der Waals surface area contributed by atoms with E-state index in [1.165, 1.54) is 6.92 Å². The number of nitrogens with one attached hydrogen (secondary N) is 3. The fourth-order valence-electron chi connectivity index (χ4n) is 2.67. The molecule has 0 spiro atoms. The number of carboxylic acid groups (broad SMARTS) is 1. The van der Waals surface area contributed by atoms with Crippen molar-refractivity contribution in [3.63, 3.8) is 0 Å². The van der Waals surface area contributed by atoms with E-state index in [-0.39, 0.29) is 11.8 Å². The van der Waals surface area contributed by atoms with Crippen LogP contribution in [0.2, 0.25) is 0 Å². The minimum atomic E-state index is -1.47. The SMILES string of the molecule is CCC(C)C(NC(=O)C(CO)NC(=O)C(NC(=O)C(N)CC(C)C)C(C)O)C(=O)O. The lowest BCUT2D eigenvalue weighted by atomic mass is 9.99. The molecule has 0 aromatic rings. The summed E-state index contributed by atoms with van der Waals surface area (Å²) in [6.45, 7) is 7.62. The van der Waals surface area contributed by atoms with E-state index in [0.717, 1.165) is 0 Å². The van der Waals surface area contributed by atoms with Gasteiger partial charge in [0.25, 0.3) is 0 Å². The molecule has 6 unspecified atom stereocenters. The van der Waals surface area contributed by atoms with Gasteiger partial charge in [0.15, 0.2) is 0 Å². The molecule has 6 atom stereocenters. The molecule has 0 aliphatic carbocycles. The van der Waals surface area contributed by atoms with Gasteiger partial charge in [-0.2, -0.15) is 0 Å². The van der Waals surface area contributed by atoms with Crippen LogP contribution in [-0.4, -0.2) is 75.9 Å². The van der Waals surface area contributed by atoms with Crippen molar-refractivity contribution in [2.75, 3.05) is 6.61 Å². The van der Waals surface area contributed by atoms with Crippen molar-refractivity contribution in [1.29, 1.82) is 0 Å². The second-order valence-electron chi connectivity index (χ2n) is 7.92. The molecule has 0 aliphatic rings. The van der Waals surface area contributed by atoms with E-state index in [1.807, 2.05) is 13.8 Å². The zero-order chi connectivity index (χ0) is 23.6. The standard InChI is InChI=1S/C19H36N4O7/c1-6-10(4)14(19(29)30)22-17(27)13(8-24)21-18(28)15(11(5)25)23-16(26)12(20)7-9(2)3/h9-15,24-25H,6-8,20H2,1-5H3,(H,21,28)(H,22,27)(H,23,26)(H,29,30). The number of aliphatic carboxylic acids is 1. The van der Waals surface area contributed by atoms with Crippen LogP contribution in [0, 0.1) is 11.8 Å². The fourth-order valence-corrected chi connectivity index (χ4v) is 2.67. The lowest BCUT2D eigenvalue weighted by molar-refractivity contribution is -0.144. The zero-order valence-corrected chi connectivity index (χ0v) is 18.2. The van der Waals surface area contributed by atoms with Crippen LogP contribution in [0.15, 0.2) is 0 Å². The Morgan fingerprint density at radius 1 is 0.900 bits per heavy atom. The zero-order valence-electron chi connectivity index (χ0n) is 18.2. The van der Waals surface area contributed by atoms with Crippen LogP contribution >= 0.6 is 0 Å². The third-order valence-electron chi connectivity index (χ3n) is 4.72. The Hall–Kier alpha value is -2.24. The highest BCUT2D eigenvalue weighted by Crippen LogP contribution is 2.08. The Morgan fingerprint density at radius 2 is 1.43 bits per heavy atom. The number of hydrogen-bond donors (Lipinski definition) is 7. The minimum Gasteiger partial charge on any atom is -0.480 e. The number of aliphatic hydroxyl groups excluding tert-OH is 2. The molecule has 0 saturated heterocycles. The predicted octanol–water partition coefficient (Wildman–Crippen LogP) is -1.68. The fraction of sp³-hybridized carbons (Fsp3) is 0.789. The molecule has 0 aromatic carbocycles. The third-order valence-corrected chi connectivity index (χ3v) is 4.72. The molecule has 0 heterocycles. The second-order valence-corrected chi connectivity index (χ2v) is 7.92. The molecule has 0 saturated carbocycles. The first-order chi connectivity index (χ1) is 13.8. The lowest BCUT2D eigenvalue weighted by Crippen LogP contribution is -2.60. The van der Waals surface area contributed by atoms with Crippen LogP contribution in [0.1, 0.15) is 47.5 Å². The van der Waals surface area contributed by atoms with Crippen LogP contribution in [0.4, 0.5) is 0 Å². The second kappa shape index (κ2) is 13.1. The number of carbonyl (C=O) groups excluding carboxylic acids is 3. The van der Waals surface area contributed by atoms with E-state index < -0.39 is 60.6 Å². The number of hydrogen-bond acceptors (Lipinski definition) is 7. The molecule has 0 aliphatic heterocycles. The summed E-state index contributed by atoms with van der Waals surface area (Å²) >= 11 is 0. The summed E-state index contributed by atoms with van der Waals surface area (Å²) in [5.41, 5.74) is 5.78. The number of amides is 3. The lowest BCUT2D eigenvalue weighted by Gasteiger charge is -2.26. The smallest absolute Gasteiger partial charge is 0.326 e. The van der Waals surface area contributed by atoms with E-state index in [1.54, 1.807) is 13.8 Å². The normalized spacial score (nSPS) is 17.2. The summed E-state index contributed by atoms with van der Waals surface area (Å²) in [6.07, 6.45) is -0.455. The summed E-state index contributed by atoms with van der Waals surface area (Å²) in [5, 5.41) is 35.5. The summed E-state index contributed by atoms with van der Waals surface area (Å²) in [5.74, 6) is -3.94. The van der Waals surface area contributed by atoms with Gasteiger partial charge in [-0.1, -0.05) is 34.1 Å². The number of nitrogens with two attached hydrogens (primary N) is 1. The van der Waals surface area contributed by atoms with Crippen LogP contribution < -0.4 is 21.7 Å². The van der Waals surface area contributed by atoms with E-state index in [0.29, 0.717) is 12.8 Å². The van der Waals surface area contributed by atoms with Gasteiger partial charge in [0.1, 0.15) is 18.1 Å². The number of carboxylic acids is 1. The van der Waals surface area contributed by atoms with Gasteiger partial charge in [-0.25, -0.2) is 4.79 Å². The average molecular weight is 433 g/mol. The van der Waals surface area contributed by atoms with Gasteiger partial charge in [-0.05, 0) is 25.2 Å². The summed E-state index contributed by atoms with van der Waals surface area (Å²) in [7, 11) is 0. The van der Waals surface area contributed by atoms with Crippen molar-refractivity contribution >= 4 is 23.7 Å². The molecule has 0 radical (unpaired) electrons. The van der Waals surface area contributed by atoms with Gasteiger partial charge >= 0.3 is 5.97 Å². The van der Waals surface area contributed by atoms with Crippen molar-refractivity contribution in [3.05, 3.63) is 0 Å². The predicted molar refractivity (Wildman–Crippen MR) is 109 cm³/mol. The van der Waals surface area contributed by atoms with Crippen molar-refractivity contribution < 1.29 is 34.5 Å². The highest BCUT2D eigenvalue weighted by molar-refractivity contribution is 5.94. The van der Waals surface area contributed by atoms with Crippen molar-refractivity contribution in [1.82, 2.24) is 16.0 Å². The van der Waals surface area contributed by atoms with Gasteiger partial charge in [-0.15, -0.1) is 0 Å². The summed E-state index contributed by atoms with van der Waals surface area (Å²) in [6, 6.07) is -4.97. The topological polar surface area (TPSA) is 191 Å². The number of rotatable bonds is 13. The molecule has 11 heteroatoms. The number of aliphatic hydroxyl groups is 2. The van der Waals surface area contributed by atoms with Crippen LogP contribution in [0.5, 0.6) is 0 Å². The quantitative estimate of drug-likeness (QED) is 0.179. The van der Waals surface area contributed by atoms with Crippen LogP contribution in [-0.2, 0) is 19.2 Å². The van der Waals surface area contributed by atoms with Gasteiger partial charge in [-0.3, -0.25) is 14.4 Å².